The standard InChI is InChI=1S/C11H11NO2S/c1-2-5-9(13)11-12-8-6-3-4-7-10(8)15(11)14/h3-4,6-7H,2,5H2,1H3. The van der Waals surface area contributed by atoms with Gasteiger partial charge in [0.25, 0.3) is 0 Å². The largest absolute Gasteiger partial charge is 0.292 e. The third-order valence-electron chi connectivity index (χ3n) is 2.18. The second-order valence-corrected chi connectivity index (χ2v) is 4.69. The fourth-order valence-corrected chi connectivity index (χ4v) is 2.67. The number of fused-ring (bicyclic) bond motifs is 1. The van der Waals surface area contributed by atoms with E-state index in [9.17, 15) is 9.00 Å². The highest BCUT2D eigenvalue weighted by Crippen LogP contribution is 2.30. The van der Waals surface area contributed by atoms with Crippen LogP contribution in [-0.4, -0.2) is 15.0 Å². The van der Waals surface area contributed by atoms with Crippen molar-refractivity contribution in [3.8, 4) is 0 Å². The Morgan fingerprint density at radius 3 is 2.80 bits per heavy atom. The topological polar surface area (TPSA) is 46.5 Å². The Labute approximate surface area is 90.7 Å². The molecular weight excluding hydrogens is 210 g/mol. The summed E-state index contributed by atoms with van der Waals surface area (Å²) in [7, 11) is -1.37. The van der Waals surface area contributed by atoms with E-state index in [0.29, 0.717) is 17.0 Å². The van der Waals surface area contributed by atoms with E-state index in [1.165, 1.54) is 0 Å². The average molecular weight is 221 g/mol. The number of carbonyl (C=O) groups excluding carboxylic acids is 1. The van der Waals surface area contributed by atoms with Gasteiger partial charge in [0.05, 0.1) is 10.6 Å². The highest BCUT2D eigenvalue weighted by atomic mass is 32.2. The molecule has 0 saturated carbocycles. The second-order valence-electron chi connectivity index (χ2n) is 3.33. The molecule has 1 aliphatic heterocycles. The van der Waals surface area contributed by atoms with E-state index in [4.69, 9.17) is 0 Å². The van der Waals surface area contributed by atoms with Crippen LogP contribution in [0.1, 0.15) is 19.8 Å². The Bertz CT molecular complexity index is 465. The van der Waals surface area contributed by atoms with Crippen LogP contribution in [0.25, 0.3) is 0 Å². The van der Waals surface area contributed by atoms with Gasteiger partial charge in [-0.3, -0.25) is 4.79 Å². The normalized spacial score (nSPS) is 18.5. The number of hydrogen-bond acceptors (Lipinski definition) is 3. The van der Waals surface area contributed by atoms with Gasteiger partial charge in [-0.25, -0.2) is 9.20 Å². The van der Waals surface area contributed by atoms with E-state index < -0.39 is 10.8 Å². The SMILES string of the molecule is CCCC(=O)C1=Nc2ccccc2S1=O. The maximum Gasteiger partial charge on any atom is 0.190 e. The van der Waals surface area contributed by atoms with Gasteiger partial charge in [0.15, 0.2) is 10.8 Å². The molecule has 1 aromatic rings. The predicted octanol–water partition coefficient (Wildman–Crippen LogP) is 2.21. The lowest BCUT2D eigenvalue weighted by atomic mass is 10.2. The Hall–Kier alpha value is -1.29. The summed E-state index contributed by atoms with van der Waals surface area (Å²) in [5, 5.41) is 0.207. The molecule has 1 aromatic carbocycles. The fourth-order valence-electron chi connectivity index (χ4n) is 1.46. The molecule has 4 heteroatoms. The molecule has 0 radical (unpaired) electrons. The molecule has 1 heterocycles. The quantitative estimate of drug-likeness (QED) is 0.785. The average Bonchev–Trinajstić information content (AvgIpc) is 2.57. The van der Waals surface area contributed by atoms with Crippen molar-refractivity contribution in [1.82, 2.24) is 0 Å². The third-order valence-corrected chi connectivity index (χ3v) is 3.59. The van der Waals surface area contributed by atoms with E-state index in [2.05, 4.69) is 4.99 Å². The van der Waals surface area contributed by atoms with Crippen LogP contribution in [0.15, 0.2) is 34.2 Å². The molecule has 0 saturated heterocycles. The molecule has 78 valence electrons. The van der Waals surface area contributed by atoms with Crippen molar-refractivity contribution in [3.63, 3.8) is 0 Å². The van der Waals surface area contributed by atoms with E-state index in [-0.39, 0.29) is 10.8 Å². The number of carbonyl (C=O) groups is 1. The number of ketones is 1. The lowest BCUT2D eigenvalue weighted by Gasteiger charge is -1.96. The van der Waals surface area contributed by atoms with Gasteiger partial charge < -0.3 is 0 Å². The van der Waals surface area contributed by atoms with Crippen molar-refractivity contribution in [3.05, 3.63) is 24.3 Å². The Kier molecular flexibility index (Phi) is 2.77. The van der Waals surface area contributed by atoms with Crippen molar-refractivity contribution in [2.24, 2.45) is 4.99 Å². The minimum Gasteiger partial charge on any atom is -0.292 e. The van der Waals surface area contributed by atoms with Gasteiger partial charge in [0.2, 0.25) is 0 Å². The van der Waals surface area contributed by atoms with Gasteiger partial charge >= 0.3 is 0 Å². The van der Waals surface area contributed by atoms with Crippen molar-refractivity contribution in [1.29, 1.82) is 0 Å². The third kappa shape index (κ3) is 1.77. The van der Waals surface area contributed by atoms with Crippen molar-refractivity contribution < 1.29 is 9.00 Å². The summed E-state index contributed by atoms with van der Waals surface area (Å²) in [6.07, 6.45) is 1.17. The molecule has 0 amide bonds. The van der Waals surface area contributed by atoms with Crippen molar-refractivity contribution >= 4 is 27.3 Å². The second kappa shape index (κ2) is 4.06. The lowest BCUT2D eigenvalue weighted by molar-refractivity contribution is -0.112. The molecule has 0 fully saturated rings. The van der Waals surface area contributed by atoms with Crippen LogP contribution < -0.4 is 0 Å². The minimum atomic E-state index is -1.37. The van der Waals surface area contributed by atoms with Crippen LogP contribution in [0.3, 0.4) is 0 Å². The molecule has 0 bridgehead atoms. The van der Waals surface area contributed by atoms with Crippen LogP contribution in [0.2, 0.25) is 0 Å². The summed E-state index contributed by atoms with van der Waals surface area (Å²) in [6.45, 7) is 1.92. The Morgan fingerprint density at radius 2 is 2.13 bits per heavy atom. The summed E-state index contributed by atoms with van der Waals surface area (Å²) in [6, 6.07) is 7.16. The maximum atomic E-state index is 11.9. The van der Waals surface area contributed by atoms with E-state index in [1.807, 2.05) is 13.0 Å². The smallest absolute Gasteiger partial charge is 0.190 e. The number of rotatable bonds is 3. The van der Waals surface area contributed by atoms with Gasteiger partial charge in [-0.15, -0.1) is 0 Å². The molecule has 1 atom stereocenters. The minimum absolute atomic E-state index is 0.105. The first-order valence-corrected chi connectivity index (χ1v) is 6.01. The molecule has 0 aromatic heterocycles. The molecule has 1 aliphatic rings. The monoisotopic (exact) mass is 221 g/mol. The zero-order valence-electron chi connectivity index (χ0n) is 8.40. The molecular formula is C11H11NO2S. The Morgan fingerprint density at radius 1 is 1.40 bits per heavy atom. The van der Waals surface area contributed by atoms with Crippen LogP contribution in [-0.2, 0) is 15.6 Å². The van der Waals surface area contributed by atoms with Gasteiger partial charge in [0, 0.05) is 6.42 Å². The summed E-state index contributed by atoms with van der Waals surface area (Å²) in [5.74, 6) is -0.105. The van der Waals surface area contributed by atoms with Crippen LogP contribution >= 0.6 is 0 Å². The maximum absolute atomic E-state index is 11.9. The van der Waals surface area contributed by atoms with Crippen molar-refractivity contribution in [2.75, 3.05) is 0 Å². The van der Waals surface area contributed by atoms with E-state index >= 15 is 0 Å². The highest BCUT2D eigenvalue weighted by molar-refractivity contribution is 8.03. The number of hydrogen-bond donors (Lipinski definition) is 0. The zero-order chi connectivity index (χ0) is 10.8. The molecule has 0 spiro atoms. The van der Waals surface area contributed by atoms with Crippen molar-refractivity contribution in [2.45, 2.75) is 24.7 Å². The van der Waals surface area contributed by atoms with Crippen LogP contribution in [0.4, 0.5) is 5.69 Å². The highest BCUT2D eigenvalue weighted by Gasteiger charge is 2.27. The van der Waals surface area contributed by atoms with Crippen LogP contribution in [0, 0.1) is 0 Å². The number of para-hydroxylation sites is 1. The van der Waals surface area contributed by atoms with E-state index in [1.54, 1.807) is 18.2 Å². The molecule has 15 heavy (non-hydrogen) atoms. The van der Waals surface area contributed by atoms with Gasteiger partial charge in [-0.1, -0.05) is 19.1 Å². The molecule has 0 N–H and O–H groups in total. The number of nitrogens with zero attached hydrogens (tertiary/aromatic N) is 1. The number of Topliss-reactive ketones (excluding diaryl/α,β-unsaturated/α-hetero) is 1. The summed E-state index contributed by atoms with van der Waals surface area (Å²) >= 11 is 0. The molecule has 0 aliphatic carbocycles. The first-order valence-electron chi connectivity index (χ1n) is 4.86. The summed E-state index contributed by atoms with van der Waals surface area (Å²) < 4.78 is 11.9. The van der Waals surface area contributed by atoms with Gasteiger partial charge in [-0.05, 0) is 18.6 Å². The summed E-state index contributed by atoms with van der Waals surface area (Å²) in [5.41, 5.74) is 0.662. The number of benzene rings is 1. The summed E-state index contributed by atoms with van der Waals surface area (Å²) in [4.78, 5) is 16.4. The van der Waals surface area contributed by atoms with Gasteiger partial charge in [0.1, 0.15) is 10.8 Å². The molecule has 1 unspecified atom stereocenters. The molecule has 3 nitrogen and oxygen atoms in total. The molecule has 2 rings (SSSR count). The van der Waals surface area contributed by atoms with E-state index in [0.717, 1.165) is 6.42 Å². The zero-order valence-corrected chi connectivity index (χ0v) is 9.21. The fraction of sp³-hybridized carbons (Fsp3) is 0.273. The predicted molar refractivity (Wildman–Crippen MR) is 59.9 cm³/mol. The number of aliphatic imine (C=N–C) groups is 1. The first-order chi connectivity index (χ1) is 7.24. The Balaban J connectivity index is 2.35. The first kappa shape index (κ1) is 10.2. The lowest BCUT2D eigenvalue weighted by Crippen LogP contribution is -2.16. The van der Waals surface area contributed by atoms with Gasteiger partial charge in [-0.2, -0.15) is 0 Å². The van der Waals surface area contributed by atoms with Crippen LogP contribution in [0.5, 0.6) is 0 Å².